The monoisotopic (exact) mass is 539 g/mol. The Labute approximate surface area is 228 Å². The fraction of sp³-hybridized carbons (Fsp3) is 0.167. The molecule has 0 atom stereocenters. The molecule has 5 rings (SSSR count). The van der Waals surface area contributed by atoms with Gasteiger partial charge < -0.3 is 5.32 Å². The molecule has 0 heterocycles. The van der Waals surface area contributed by atoms with Gasteiger partial charge in [0, 0.05) is 51.2 Å². The second-order valence-electron chi connectivity index (χ2n) is 8.93. The van der Waals surface area contributed by atoms with Crippen LogP contribution in [0.25, 0.3) is 0 Å². The van der Waals surface area contributed by atoms with Gasteiger partial charge in [-0.1, -0.05) is 72.8 Å². The number of anilines is 1. The van der Waals surface area contributed by atoms with Crippen molar-refractivity contribution in [3.63, 3.8) is 0 Å². The smallest absolute Gasteiger partial charge is 0.269 e. The van der Waals surface area contributed by atoms with Crippen molar-refractivity contribution in [2.24, 2.45) is 0 Å². The molecule has 1 fully saturated rings. The Morgan fingerprint density at radius 3 is 1.38 bits per heavy atom. The summed E-state index contributed by atoms with van der Waals surface area (Å²) in [6, 6.07) is 38.3. The van der Waals surface area contributed by atoms with Gasteiger partial charge in [0.05, 0.1) is 0 Å². The fourth-order valence-electron chi connectivity index (χ4n) is 5.22. The molecule has 1 aliphatic rings. The minimum atomic E-state index is -2.28. The van der Waals surface area contributed by atoms with E-state index in [9.17, 15) is 4.79 Å². The van der Waals surface area contributed by atoms with Crippen molar-refractivity contribution < 1.29 is 37.5 Å². The minimum absolute atomic E-state index is 0. The van der Waals surface area contributed by atoms with Gasteiger partial charge in [-0.15, -0.1) is 0 Å². The molecule has 34 heavy (non-hydrogen) atoms. The van der Waals surface area contributed by atoms with E-state index in [0.717, 1.165) is 29.7 Å². The van der Waals surface area contributed by atoms with Crippen LogP contribution < -0.4 is 21.2 Å². The van der Waals surface area contributed by atoms with Crippen molar-refractivity contribution in [2.45, 2.75) is 31.8 Å². The zero-order valence-corrected chi connectivity index (χ0v) is 23.5. The number of hydrogen-bond acceptors (Lipinski definition) is 1. The second kappa shape index (κ2) is 10.2. The second-order valence-corrected chi connectivity index (χ2v) is 12.7. The molecule has 1 saturated carbocycles. The summed E-state index contributed by atoms with van der Waals surface area (Å²) < 4.78 is 0. The van der Waals surface area contributed by atoms with Gasteiger partial charge in [0.1, 0.15) is 23.2 Å². The molecule has 0 spiro atoms. The van der Waals surface area contributed by atoms with Crippen LogP contribution >= 0.6 is 7.26 Å². The number of carbonyl (C=O) groups excluding carboxylic acids is 1. The van der Waals surface area contributed by atoms with Crippen LogP contribution in [-0.4, -0.2) is 11.1 Å². The van der Waals surface area contributed by atoms with Gasteiger partial charge >= 0.3 is 0 Å². The zero-order valence-electron chi connectivity index (χ0n) is 19.7. The van der Waals surface area contributed by atoms with Crippen molar-refractivity contribution in [1.29, 1.82) is 0 Å². The van der Waals surface area contributed by atoms with Gasteiger partial charge in [-0.05, 0) is 61.4 Å². The quantitative estimate of drug-likeness (QED) is 0.310. The van der Waals surface area contributed by atoms with Crippen molar-refractivity contribution in [1.82, 2.24) is 0 Å². The number of para-hydroxylation sites is 1. The van der Waals surface area contributed by atoms with Crippen LogP contribution in [0.2, 0.25) is 0 Å². The van der Waals surface area contributed by atoms with Gasteiger partial charge in [-0.2, -0.15) is 0 Å². The van der Waals surface area contributed by atoms with Crippen LogP contribution in [0.3, 0.4) is 0 Å². The molecule has 2 nitrogen and oxygen atoms in total. The first-order valence-electron chi connectivity index (χ1n) is 11.5. The van der Waals surface area contributed by atoms with Gasteiger partial charge in [0.25, 0.3) is 5.91 Å². The Hall–Kier alpha value is -2.12. The summed E-state index contributed by atoms with van der Waals surface area (Å²) in [7, 11) is -2.28. The van der Waals surface area contributed by atoms with Crippen LogP contribution in [0, 0.1) is 13.8 Å². The molecule has 0 aliphatic heterocycles. The molecular weight excluding hydrogens is 510 g/mol. The summed E-state index contributed by atoms with van der Waals surface area (Å²) in [5, 5.41) is 6.70. The Kier molecular flexibility index (Phi) is 7.53. The van der Waals surface area contributed by atoms with E-state index in [-0.39, 0.29) is 38.6 Å². The zero-order chi connectivity index (χ0) is 22.9. The first-order valence-corrected chi connectivity index (χ1v) is 13.3. The van der Waals surface area contributed by atoms with Crippen LogP contribution in [-0.2, 0) is 37.5 Å². The van der Waals surface area contributed by atoms with E-state index in [0.29, 0.717) is 0 Å². The summed E-state index contributed by atoms with van der Waals surface area (Å²) in [6.45, 7) is 4.13. The van der Waals surface area contributed by atoms with E-state index in [1.807, 2.05) is 6.07 Å². The Morgan fingerprint density at radius 2 is 1.03 bits per heavy atom. The van der Waals surface area contributed by atoms with Crippen LogP contribution in [0.5, 0.6) is 0 Å². The van der Waals surface area contributed by atoms with Crippen molar-refractivity contribution >= 4 is 34.8 Å². The average molecular weight is 539 g/mol. The number of hydrogen-bond donors (Lipinski definition) is 1. The summed E-state index contributed by atoms with van der Waals surface area (Å²) >= 11 is 0. The average Bonchev–Trinajstić information content (AvgIpc) is 3.66. The van der Waals surface area contributed by atoms with E-state index < -0.39 is 12.4 Å². The maximum atomic E-state index is 14.3. The first-order chi connectivity index (χ1) is 16.1. The molecule has 0 unspecified atom stereocenters. The fourth-order valence-corrected chi connectivity index (χ4v) is 10.6. The van der Waals surface area contributed by atoms with Crippen LogP contribution in [0.15, 0.2) is 109 Å². The molecule has 0 saturated heterocycles. The number of aryl methyl sites for hydroxylation is 2. The largest absolute Gasteiger partial charge is 0.322 e. The van der Waals surface area contributed by atoms with Crippen LogP contribution in [0.4, 0.5) is 5.69 Å². The van der Waals surface area contributed by atoms with E-state index in [4.69, 9.17) is 0 Å². The molecule has 1 amide bonds. The predicted molar refractivity (Wildman–Crippen MR) is 142 cm³/mol. The van der Waals surface area contributed by atoms with E-state index in [2.05, 4.69) is 122 Å². The minimum Gasteiger partial charge on any atom is -0.322 e. The Balaban J connectivity index is 0.00000274. The summed E-state index contributed by atoms with van der Waals surface area (Å²) in [5.74, 6) is 0.143. The third kappa shape index (κ3) is 4.11. The summed E-state index contributed by atoms with van der Waals surface area (Å²) in [4.78, 5) is 14.3. The standard InChI is InChI=1S/C30H28NOP.Y/c1-23-13-12-14-24(2)28(23)31-29(32)30(21-22-30)33(25-15-6-3-7-16-25,26-17-8-4-9-18-26)27-19-10-5-11-20-27;/h3-20H,21-22H2,1-2H3;/p+1. The van der Waals surface area contributed by atoms with Gasteiger partial charge in [0.15, 0.2) is 5.16 Å². The molecular formula is C30H29NOPY+. The van der Waals surface area contributed by atoms with Crippen molar-refractivity contribution in [3.05, 3.63) is 120 Å². The van der Waals surface area contributed by atoms with Gasteiger partial charge in [-0.3, -0.25) is 4.79 Å². The number of benzene rings is 4. The van der Waals surface area contributed by atoms with Crippen molar-refractivity contribution in [2.75, 3.05) is 5.32 Å². The molecule has 4 heteroatoms. The third-order valence-electron chi connectivity index (χ3n) is 6.94. The molecule has 1 aliphatic carbocycles. The summed E-state index contributed by atoms with van der Waals surface area (Å²) in [5.41, 5.74) is 3.14. The molecule has 1 radical (unpaired) electrons. The normalized spacial score (nSPS) is 14.1. The van der Waals surface area contributed by atoms with E-state index >= 15 is 0 Å². The molecule has 0 bridgehead atoms. The van der Waals surface area contributed by atoms with E-state index in [1.54, 1.807) is 0 Å². The Morgan fingerprint density at radius 1 is 0.647 bits per heavy atom. The SMILES string of the molecule is Cc1cccc(C)c1NC(=O)C1([P+](c2ccccc2)(c2ccccc2)c2ccccc2)CC1.[Y]. The van der Waals surface area contributed by atoms with E-state index in [1.165, 1.54) is 15.9 Å². The number of amides is 1. The van der Waals surface area contributed by atoms with Gasteiger partial charge in [-0.25, -0.2) is 0 Å². The molecule has 4 aromatic carbocycles. The number of rotatable bonds is 6. The predicted octanol–water partition coefficient (Wildman–Crippen LogP) is 5.77. The van der Waals surface area contributed by atoms with Crippen molar-refractivity contribution in [3.8, 4) is 0 Å². The maximum Gasteiger partial charge on any atom is 0.269 e. The molecule has 0 aromatic heterocycles. The Bertz CT molecular complexity index is 1150. The molecule has 1 N–H and O–H groups in total. The maximum absolute atomic E-state index is 14.3. The summed E-state index contributed by atoms with van der Waals surface area (Å²) in [6.07, 6.45) is 1.77. The topological polar surface area (TPSA) is 29.1 Å². The first kappa shape index (κ1) is 25.0. The molecule has 167 valence electrons. The number of nitrogens with one attached hydrogen (secondary N) is 1. The van der Waals surface area contributed by atoms with Crippen LogP contribution in [0.1, 0.15) is 24.0 Å². The third-order valence-corrected chi connectivity index (χ3v) is 12.1. The molecule has 4 aromatic rings. The van der Waals surface area contributed by atoms with Gasteiger partial charge in [0.2, 0.25) is 0 Å². The number of carbonyl (C=O) groups is 1.